The number of unbranched alkanes of at least 4 members (excludes halogenated alkanes) is 3. The number of aliphatic hydroxyl groups excluding tert-OH is 1. The topological polar surface area (TPSA) is 110 Å². The molecule has 0 spiro atoms. The number of hydrogen-bond acceptors (Lipinski definition) is 9. The van der Waals surface area contributed by atoms with Gasteiger partial charge in [0.25, 0.3) is 0 Å². The van der Waals surface area contributed by atoms with Crippen molar-refractivity contribution in [3.05, 3.63) is 23.3 Å². The average Bonchev–Trinajstić information content (AvgIpc) is 2.90. The molecule has 0 aliphatic heterocycles. The van der Waals surface area contributed by atoms with Crippen molar-refractivity contribution in [1.29, 1.82) is 0 Å². The second-order valence-electron chi connectivity index (χ2n) is 13.0. The van der Waals surface area contributed by atoms with Crippen LogP contribution in [0, 0.1) is 17.3 Å². The highest BCUT2D eigenvalue weighted by molar-refractivity contribution is 7.49. The van der Waals surface area contributed by atoms with Crippen LogP contribution in [-0.2, 0) is 32.6 Å². The highest BCUT2D eigenvalue weighted by Gasteiger charge is 2.59. The van der Waals surface area contributed by atoms with Gasteiger partial charge in [0, 0.05) is 5.56 Å². The Morgan fingerprint density at radius 2 is 1.28 bits per heavy atom. The molecule has 4 rings (SSSR count). The summed E-state index contributed by atoms with van der Waals surface area (Å²) < 4.78 is 62.5. The quantitative estimate of drug-likeness (QED) is 0.116. The van der Waals surface area contributed by atoms with Crippen molar-refractivity contribution in [2.45, 2.75) is 125 Å². The normalized spacial score (nSPS) is 23.6. The van der Waals surface area contributed by atoms with Gasteiger partial charge in [0.2, 0.25) is 0 Å². The van der Waals surface area contributed by atoms with E-state index in [9.17, 15) is 14.2 Å². The molecule has 0 radical (unpaired) electrons. The first-order chi connectivity index (χ1) is 20.2. The molecule has 3 saturated carbocycles. The van der Waals surface area contributed by atoms with E-state index in [1.54, 1.807) is 27.7 Å². The lowest BCUT2D eigenvalue weighted by atomic mass is 9.44. The van der Waals surface area contributed by atoms with Crippen molar-refractivity contribution in [2.75, 3.05) is 26.4 Å². The van der Waals surface area contributed by atoms with Gasteiger partial charge in [-0.15, -0.1) is 0 Å². The standard InChI is InChI=1S/C32H56O9P2/c1-10-15-16-17-18-31(6,7)23-19-28(40-42(34,36-11-2)37-12-3)30(24-21-27(33)26-22-25(24)32(26,8)9)29(20-23)41-43(35,38-13-4)39-14-5/h19-20,24-27,33H,10-18,21-22H2,1-9H3/t24?,25-,26+,27?/m1/s1. The third-order valence-electron chi connectivity index (χ3n) is 9.35. The third kappa shape index (κ3) is 8.47. The summed E-state index contributed by atoms with van der Waals surface area (Å²) in [6.07, 6.45) is 6.13. The molecule has 0 heterocycles. The van der Waals surface area contributed by atoms with Gasteiger partial charge in [-0.2, -0.15) is 0 Å². The zero-order chi connectivity index (χ0) is 32.1. The van der Waals surface area contributed by atoms with Crippen molar-refractivity contribution >= 4 is 15.6 Å². The molecule has 3 fully saturated rings. The molecule has 3 aliphatic rings. The molecule has 248 valence electrons. The van der Waals surface area contributed by atoms with Crippen molar-refractivity contribution in [1.82, 2.24) is 0 Å². The number of rotatable bonds is 19. The molecule has 1 aromatic rings. The molecule has 1 N–H and O–H groups in total. The summed E-state index contributed by atoms with van der Waals surface area (Å²) in [4.78, 5) is 0. The smallest absolute Gasteiger partial charge is 0.404 e. The van der Waals surface area contributed by atoms with E-state index in [0.717, 1.165) is 44.1 Å². The second-order valence-corrected chi connectivity index (χ2v) is 16.2. The molecule has 3 aliphatic carbocycles. The summed E-state index contributed by atoms with van der Waals surface area (Å²) in [5, 5.41) is 11.2. The van der Waals surface area contributed by atoms with E-state index in [-0.39, 0.29) is 66.5 Å². The largest absolute Gasteiger partial charge is 0.530 e. The van der Waals surface area contributed by atoms with Crippen molar-refractivity contribution in [3.8, 4) is 11.5 Å². The molecular weight excluding hydrogens is 590 g/mol. The molecule has 2 unspecified atom stereocenters. The minimum Gasteiger partial charge on any atom is -0.404 e. The van der Waals surface area contributed by atoms with Gasteiger partial charge in [-0.3, -0.25) is 18.1 Å². The van der Waals surface area contributed by atoms with E-state index >= 15 is 0 Å². The Balaban J connectivity index is 2.27. The average molecular weight is 647 g/mol. The Kier molecular flexibility index (Phi) is 12.8. The summed E-state index contributed by atoms with van der Waals surface area (Å²) in [6.45, 7) is 18.3. The van der Waals surface area contributed by atoms with Crippen LogP contribution in [0.4, 0.5) is 0 Å². The Morgan fingerprint density at radius 3 is 1.67 bits per heavy atom. The van der Waals surface area contributed by atoms with Crippen LogP contribution in [0.15, 0.2) is 12.1 Å². The van der Waals surface area contributed by atoms with Crippen molar-refractivity contribution in [3.63, 3.8) is 0 Å². The molecule has 4 atom stereocenters. The number of phosphoric acid groups is 2. The van der Waals surface area contributed by atoms with Crippen LogP contribution in [0.5, 0.6) is 11.5 Å². The van der Waals surface area contributed by atoms with E-state index < -0.39 is 21.7 Å². The first kappa shape index (κ1) is 36.5. The first-order valence-electron chi connectivity index (χ1n) is 16.2. The maximum atomic E-state index is 13.8. The van der Waals surface area contributed by atoms with Gasteiger partial charge < -0.3 is 14.2 Å². The lowest BCUT2D eigenvalue weighted by Crippen LogP contribution is -2.57. The van der Waals surface area contributed by atoms with E-state index in [0.29, 0.717) is 12.0 Å². The predicted molar refractivity (Wildman–Crippen MR) is 170 cm³/mol. The zero-order valence-electron chi connectivity index (χ0n) is 27.8. The second kappa shape index (κ2) is 15.1. The van der Waals surface area contributed by atoms with Crippen LogP contribution in [0.1, 0.15) is 124 Å². The Bertz CT molecular complexity index is 1080. The molecule has 0 aromatic heterocycles. The fourth-order valence-corrected chi connectivity index (χ4v) is 9.35. The van der Waals surface area contributed by atoms with Gasteiger partial charge in [0.05, 0.1) is 32.5 Å². The first-order valence-corrected chi connectivity index (χ1v) is 19.2. The SMILES string of the molecule is CCCCCCC(C)(C)c1cc(OP(=O)(OCC)OCC)c(C2CC(O)[C@@H]3C[C@H]2C3(C)C)c(OP(=O)(OCC)OCC)c1. The number of phosphoric ester groups is 2. The number of aliphatic hydroxyl groups is 1. The lowest BCUT2D eigenvalue weighted by molar-refractivity contribution is -0.152. The van der Waals surface area contributed by atoms with Crippen LogP contribution < -0.4 is 9.05 Å². The minimum absolute atomic E-state index is 0.127. The molecule has 0 amide bonds. The molecule has 0 saturated heterocycles. The fourth-order valence-electron chi connectivity index (χ4n) is 6.94. The maximum absolute atomic E-state index is 13.8. The predicted octanol–water partition coefficient (Wildman–Crippen LogP) is 9.56. The maximum Gasteiger partial charge on any atom is 0.530 e. The summed E-state index contributed by atoms with van der Waals surface area (Å²) in [6, 6.07) is 3.81. The van der Waals surface area contributed by atoms with Gasteiger partial charge in [0.15, 0.2) is 0 Å². The van der Waals surface area contributed by atoms with Crippen LogP contribution in [-0.4, -0.2) is 37.6 Å². The summed E-state index contributed by atoms with van der Waals surface area (Å²) >= 11 is 0. The summed E-state index contributed by atoms with van der Waals surface area (Å²) in [5.41, 5.74) is 0.998. The Morgan fingerprint density at radius 1 is 0.791 bits per heavy atom. The molecule has 43 heavy (non-hydrogen) atoms. The number of benzene rings is 1. The van der Waals surface area contributed by atoms with Crippen LogP contribution in [0.25, 0.3) is 0 Å². The highest BCUT2D eigenvalue weighted by atomic mass is 31.2. The Hall–Kier alpha value is -0.920. The van der Waals surface area contributed by atoms with E-state index in [4.69, 9.17) is 27.1 Å². The molecular formula is C32H56O9P2. The highest BCUT2D eigenvalue weighted by Crippen LogP contribution is 2.67. The molecule has 11 heteroatoms. The van der Waals surface area contributed by atoms with Gasteiger partial charge in [-0.1, -0.05) is 60.3 Å². The molecule has 1 aromatic carbocycles. The van der Waals surface area contributed by atoms with Gasteiger partial charge in [-0.25, -0.2) is 9.13 Å². The fraction of sp³-hybridized carbons (Fsp3) is 0.812. The zero-order valence-corrected chi connectivity index (χ0v) is 29.6. The Labute approximate surface area is 259 Å². The van der Waals surface area contributed by atoms with Gasteiger partial charge in [0.1, 0.15) is 11.5 Å². The van der Waals surface area contributed by atoms with Gasteiger partial charge >= 0.3 is 15.6 Å². The van der Waals surface area contributed by atoms with Gasteiger partial charge in [-0.05, 0) is 93.2 Å². The molecule has 9 nitrogen and oxygen atoms in total. The minimum atomic E-state index is -4.02. The lowest BCUT2D eigenvalue weighted by Gasteiger charge is -2.62. The van der Waals surface area contributed by atoms with E-state index in [2.05, 4.69) is 34.6 Å². The van der Waals surface area contributed by atoms with Crippen LogP contribution in [0.2, 0.25) is 0 Å². The van der Waals surface area contributed by atoms with E-state index in [1.807, 2.05) is 12.1 Å². The van der Waals surface area contributed by atoms with E-state index in [1.165, 1.54) is 0 Å². The number of hydrogen-bond donors (Lipinski definition) is 1. The summed E-state index contributed by atoms with van der Waals surface area (Å²) in [7, 11) is -8.04. The third-order valence-corrected chi connectivity index (χ3v) is 12.5. The van der Waals surface area contributed by atoms with Crippen molar-refractivity contribution < 1.29 is 41.4 Å². The van der Waals surface area contributed by atoms with Crippen molar-refractivity contribution in [2.24, 2.45) is 17.3 Å². The summed E-state index contributed by atoms with van der Waals surface area (Å²) in [5.74, 6) is 0.736. The van der Waals surface area contributed by atoms with Crippen LogP contribution >= 0.6 is 15.6 Å². The molecule has 2 bridgehead atoms. The monoisotopic (exact) mass is 646 g/mol. The number of fused-ring (bicyclic) bond motifs is 2. The van der Waals surface area contributed by atoms with Crippen LogP contribution in [0.3, 0.4) is 0 Å².